The average molecular weight is 347 g/mol. The van der Waals surface area contributed by atoms with Crippen LogP contribution in [0.3, 0.4) is 0 Å². The fourth-order valence-corrected chi connectivity index (χ4v) is 2.62. The number of halogens is 2. The summed E-state index contributed by atoms with van der Waals surface area (Å²) in [5.74, 6) is 0.0292. The molecule has 4 heteroatoms. The molecule has 114 valence electrons. The lowest BCUT2D eigenvalue weighted by Crippen LogP contribution is -2.02. The van der Waals surface area contributed by atoms with E-state index in [-0.39, 0.29) is 5.82 Å². The number of hydrogen-bond acceptors (Lipinski definition) is 2. The molecule has 0 heterocycles. The van der Waals surface area contributed by atoms with Crippen molar-refractivity contribution in [1.82, 2.24) is 0 Å². The van der Waals surface area contributed by atoms with Gasteiger partial charge >= 0.3 is 0 Å². The largest absolute Gasteiger partial charge is 0.496 e. The summed E-state index contributed by atoms with van der Waals surface area (Å²) in [7, 11) is 1.49. The third-order valence-electron chi connectivity index (χ3n) is 3.46. The summed E-state index contributed by atoms with van der Waals surface area (Å²) in [6.45, 7) is 2.20. The molecule has 2 nitrogen and oxygen atoms in total. The van der Waals surface area contributed by atoms with Crippen LogP contribution in [0.4, 0.5) is 4.39 Å². The second-order valence-electron chi connectivity index (χ2n) is 5.08. The van der Waals surface area contributed by atoms with Crippen molar-refractivity contribution in [2.45, 2.75) is 58.0 Å². The fourth-order valence-electron chi connectivity index (χ4n) is 2.25. The van der Waals surface area contributed by atoms with Gasteiger partial charge in [0.25, 0.3) is 0 Å². The Balaban J connectivity index is 2.50. The van der Waals surface area contributed by atoms with Crippen molar-refractivity contribution in [2.75, 3.05) is 7.11 Å². The molecule has 20 heavy (non-hydrogen) atoms. The summed E-state index contributed by atoms with van der Waals surface area (Å²) in [5, 5.41) is 10.2. The molecule has 0 aliphatic heterocycles. The van der Waals surface area contributed by atoms with Crippen LogP contribution in [0.5, 0.6) is 5.75 Å². The number of hydrogen-bond donors (Lipinski definition) is 1. The maximum absolute atomic E-state index is 13.4. The molecule has 1 atom stereocenters. The van der Waals surface area contributed by atoms with E-state index in [4.69, 9.17) is 4.74 Å². The van der Waals surface area contributed by atoms with E-state index in [0.29, 0.717) is 22.2 Å². The van der Waals surface area contributed by atoms with Crippen LogP contribution in [0, 0.1) is 5.82 Å². The topological polar surface area (TPSA) is 29.5 Å². The molecule has 0 aliphatic rings. The minimum absolute atomic E-state index is 0.357. The van der Waals surface area contributed by atoms with Gasteiger partial charge in [-0.1, -0.05) is 45.4 Å². The highest BCUT2D eigenvalue weighted by atomic mass is 79.9. The van der Waals surface area contributed by atoms with E-state index in [1.807, 2.05) is 0 Å². The van der Waals surface area contributed by atoms with E-state index in [0.717, 1.165) is 12.8 Å². The zero-order valence-corrected chi connectivity index (χ0v) is 13.9. The molecule has 0 fully saturated rings. The third-order valence-corrected chi connectivity index (χ3v) is 4.07. The zero-order chi connectivity index (χ0) is 15.0. The molecule has 0 bridgehead atoms. The van der Waals surface area contributed by atoms with Crippen molar-refractivity contribution in [3.63, 3.8) is 0 Å². The molecule has 0 saturated carbocycles. The SMILES string of the molecule is CCCCCCCCC(O)c1cc(Br)c(F)cc1OC. The summed E-state index contributed by atoms with van der Waals surface area (Å²) in [4.78, 5) is 0. The summed E-state index contributed by atoms with van der Waals surface area (Å²) in [5.41, 5.74) is 0.648. The first kappa shape index (κ1) is 17.4. The number of unbranched alkanes of at least 4 members (excludes halogenated alkanes) is 5. The number of ether oxygens (including phenoxy) is 1. The Hall–Kier alpha value is -0.610. The molecule has 0 spiro atoms. The van der Waals surface area contributed by atoms with Gasteiger partial charge in [-0.15, -0.1) is 0 Å². The molecule has 1 aromatic carbocycles. The lowest BCUT2D eigenvalue weighted by atomic mass is 10.0. The van der Waals surface area contributed by atoms with Gasteiger partial charge in [0.2, 0.25) is 0 Å². The number of aliphatic hydroxyl groups excluding tert-OH is 1. The van der Waals surface area contributed by atoms with E-state index < -0.39 is 6.10 Å². The average Bonchev–Trinajstić information content (AvgIpc) is 2.44. The maximum Gasteiger partial charge on any atom is 0.141 e. The lowest BCUT2D eigenvalue weighted by Gasteiger charge is -2.15. The summed E-state index contributed by atoms with van der Waals surface area (Å²) in [6, 6.07) is 2.92. The van der Waals surface area contributed by atoms with Gasteiger partial charge in [-0.25, -0.2) is 4.39 Å². The van der Waals surface area contributed by atoms with Gasteiger partial charge in [0.1, 0.15) is 11.6 Å². The Morgan fingerprint density at radius 2 is 1.85 bits per heavy atom. The van der Waals surface area contributed by atoms with Gasteiger partial charge < -0.3 is 9.84 Å². The highest BCUT2D eigenvalue weighted by Crippen LogP contribution is 2.33. The van der Waals surface area contributed by atoms with Crippen molar-refractivity contribution in [3.8, 4) is 5.75 Å². The van der Waals surface area contributed by atoms with Crippen LogP contribution in [0.2, 0.25) is 0 Å². The van der Waals surface area contributed by atoms with Crippen LogP contribution in [0.15, 0.2) is 16.6 Å². The molecular formula is C16H24BrFO2. The monoisotopic (exact) mass is 346 g/mol. The van der Waals surface area contributed by atoms with Crippen LogP contribution in [0.1, 0.15) is 63.5 Å². The van der Waals surface area contributed by atoms with Crippen molar-refractivity contribution in [3.05, 3.63) is 28.0 Å². The molecule has 0 amide bonds. The predicted molar refractivity (Wildman–Crippen MR) is 83.6 cm³/mol. The van der Waals surface area contributed by atoms with Crippen molar-refractivity contribution >= 4 is 15.9 Å². The van der Waals surface area contributed by atoms with E-state index >= 15 is 0 Å². The Bertz CT molecular complexity index is 410. The lowest BCUT2D eigenvalue weighted by molar-refractivity contribution is 0.159. The van der Waals surface area contributed by atoms with Crippen LogP contribution in [0.25, 0.3) is 0 Å². The van der Waals surface area contributed by atoms with Crippen LogP contribution >= 0.6 is 15.9 Å². The minimum Gasteiger partial charge on any atom is -0.496 e. The molecule has 1 unspecified atom stereocenters. The van der Waals surface area contributed by atoms with E-state index in [9.17, 15) is 9.50 Å². The van der Waals surface area contributed by atoms with Crippen LogP contribution in [-0.2, 0) is 0 Å². The fraction of sp³-hybridized carbons (Fsp3) is 0.625. The summed E-state index contributed by atoms with van der Waals surface area (Å²) in [6.07, 6.45) is 7.17. The van der Waals surface area contributed by atoms with Gasteiger partial charge in [0, 0.05) is 11.6 Å². The zero-order valence-electron chi connectivity index (χ0n) is 12.3. The molecule has 0 radical (unpaired) electrons. The minimum atomic E-state index is -0.604. The van der Waals surface area contributed by atoms with Gasteiger partial charge in [-0.05, 0) is 28.4 Å². The highest BCUT2D eigenvalue weighted by molar-refractivity contribution is 9.10. The molecular weight excluding hydrogens is 323 g/mol. The molecule has 0 saturated heterocycles. The third kappa shape index (κ3) is 5.41. The van der Waals surface area contributed by atoms with Gasteiger partial charge in [0.15, 0.2) is 0 Å². The maximum atomic E-state index is 13.4. The van der Waals surface area contributed by atoms with Crippen molar-refractivity contribution in [1.29, 1.82) is 0 Å². The summed E-state index contributed by atoms with van der Waals surface area (Å²) >= 11 is 3.15. The van der Waals surface area contributed by atoms with Crippen LogP contribution < -0.4 is 4.74 Å². The van der Waals surface area contributed by atoms with Gasteiger partial charge in [0.05, 0.1) is 17.7 Å². The molecule has 1 N–H and O–H groups in total. The van der Waals surface area contributed by atoms with E-state index in [2.05, 4.69) is 22.9 Å². The highest BCUT2D eigenvalue weighted by Gasteiger charge is 2.16. The second kappa shape index (κ2) is 9.35. The quantitative estimate of drug-likeness (QED) is 0.608. The van der Waals surface area contributed by atoms with Crippen molar-refractivity contribution in [2.24, 2.45) is 0 Å². The first-order valence-corrected chi connectivity index (χ1v) is 8.10. The second-order valence-corrected chi connectivity index (χ2v) is 5.93. The first-order chi connectivity index (χ1) is 9.60. The Morgan fingerprint density at radius 1 is 1.20 bits per heavy atom. The van der Waals surface area contributed by atoms with Crippen molar-refractivity contribution < 1.29 is 14.2 Å². The van der Waals surface area contributed by atoms with Gasteiger partial charge in [-0.3, -0.25) is 0 Å². The van der Waals surface area contributed by atoms with E-state index in [1.165, 1.54) is 38.9 Å². The van der Waals surface area contributed by atoms with E-state index in [1.54, 1.807) is 6.07 Å². The smallest absolute Gasteiger partial charge is 0.141 e. The summed E-state index contributed by atoms with van der Waals surface area (Å²) < 4.78 is 18.9. The molecule has 1 rings (SSSR count). The molecule has 0 aromatic heterocycles. The Labute approximate surface area is 129 Å². The van der Waals surface area contributed by atoms with Gasteiger partial charge in [-0.2, -0.15) is 0 Å². The molecule has 1 aromatic rings. The Kier molecular flexibility index (Phi) is 8.15. The molecule has 0 aliphatic carbocycles. The predicted octanol–water partition coefficient (Wildman–Crippen LogP) is 5.38. The first-order valence-electron chi connectivity index (χ1n) is 7.31. The standard InChI is InChI=1S/C16H24BrFO2/c1-3-4-5-6-7-8-9-15(19)12-10-13(17)14(18)11-16(12)20-2/h10-11,15,19H,3-9H2,1-2H3. The number of methoxy groups -OCH3 is 1. The van der Waals surface area contributed by atoms with Crippen LogP contribution in [-0.4, -0.2) is 12.2 Å². The Morgan fingerprint density at radius 3 is 2.50 bits per heavy atom. The number of benzene rings is 1. The number of aliphatic hydroxyl groups is 1. The normalized spacial score (nSPS) is 12.4. The number of rotatable bonds is 9.